The predicted octanol–water partition coefficient (Wildman–Crippen LogP) is 0.917. The van der Waals surface area contributed by atoms with E-state index in [1.165, 1.54) is 0 Å². The second-order valence-corrected chi connectivity index (χ2v) is 2.81. The second-order valence-electron chi connectivity index (χ2n) is 2.45. The highest BCUT2D eigenvalue weighted by molar-refractivity contribution is 6.30. The van der Waals surface area contributed by atoms with Gasteiger partial charge in [-0.25, -0.2) is 0 Å². The molecule has 0 radical (unpaired) electrons. The van der Waals surface area contributed by atoms with Crippen molar-refractivity contribution in [1.82, 2.24) is 9.78 Å². The van der Waals surface area contributed by atoms with Gasteiger partial charge in [0.25, 0.3) is 0 Å². The molecule has 0 saturated heterocycles. The highest BCUT2D eigenvalue weighted by Gasteiger charge is 2.09. The number of aromatic nitrogens is 2. The fraction of sp³-hybridized carbons (Fsp3) is 0.571. The summed E-state index contributed by atoms with van der Waals surface area (Å²) in [5, 5.41) is 13.4. The highest BCUT2D eigenvalue weighted by Crippen LogP contribution is 2.18. The Morgan fingerprint density at radius 1 is 1.64 bits per heavy atom. The molecule has 0 spiro atoms. The molecule has 0 amide bonds. The number of hydrogen-bond donors (Lipinski definition) is 1. The Morgan fingerprint density at radius 2 is 2.27 bits per heavy atom. The van der Waals surface area contributed by atoms with Gasteiger partial charge >= 0.3 is 0 Å². The van der Waals surface area contributed by atoms with E-state index in [4.69, 9.17) is 16.7 Å². The average Bonchev–Trinajstić information content (AvgIpc) is 2.17. The summed E-state index contributed by atoms with van der Waals surface area (Å²) in [6, 6.07) is 0. The first kappa shape index (κ1) is 8.56. The number of aryl methyl sites for hydroxylation is 2. The zero-order valence-corrected chi connectivity index (χ0v) is 7.39. The molecular weight excluding hydrogens is 164 g/mol. The first-order valence-corrected chi connectivity index (χ1v) is 3.83. The van der Waals surface area contributed by atoms with Crippen molar-refractivity contribution in [1.29, 1.82) is 0 Å². The van der Waals surface area contributed by atoms with Crippen molar-refractivity contribution in [3.05, 3.63) is 16.4 Å². The normalized spacial score (nSPS) is 10.5. The van der Waals surface area contributed by atoms with Gasteiger partial charge in [-0.15, -0.1) is 0 Å². The highest BCUT2D eigenvalue weighted by atomic mass is 35.5. The molecule has 3 nitrogen and oxygen atoms in total. The van der Waals surface area contributed by atoms with Crippen molar-refractivity contribution in [3.63, 3.8) is 0 Å². The van der Waals surface area contributed by atoms with Crippen LogP contribution in [0.25, 0.3) is 0 Å². The number of rotatable bonds is 2. The molecule has 62 valence electrons. The quantitative estimate of drug-likeness (QED) is 0.724. The van der Waals surface area contributed by atoms with Crippen LogP contribution in [0.3, 0.4) is 0 Å². The summed E-state index contributed by atoms with van der Waals surface area (Å²) in [7, 11) is 1.79. The molecule has 0 saturated carbocycles. The molecule has 11 heavy (non-hydrogen) atoms. The van der Waals surface area contributed by atoms with Gasteiger partial charge in [-0.3, -0.25) is 4.68 Å². The van der Waals surface area contributed by atoms with E-state index in [-0.39, 0.29) is 6.61 Å². The van der Waals surface area contributed by atoms with Crippen molar-refractivity contribution >= 4 is 11.6 Å². The van der Waals surface area contributed by atoms with E-state index in [0.717, 1.165) is 11.3 Å². The monoisotopic (exact) mass is 174 g/mol. The Labute approximate surface area is 70.6 Å². The summed E-state index contributed by atoms with van der Waals surface area (Å²) in [6.45, 7) is 2.00. The van der Waals surface area contributed by atoms with Crippen molar-refractivity contribution < 1.29 is 5.11 Å². The molecule has 1 heterocycles. The fourth-order valence-electron chi connectivity index (χ4n) is 1.07. The van der Waals surface area contributed by atoms with Crippen molar-refractivity contribution in [2.45, 2.75) is 13.3 Å². The van der Waals surface area contributed by atoms with E-state index >= 15 is 0 Å². The molecular formula is C7H11ClN2O. The minimum absolute atomic E-state index is 0.117. The number of nitrogens with zero attached hydrogens (tertiary/aromatic N) is 2. The molecule has 1 N–H and O–H groups in total. The first-order chi connectivity index (χ1) is 5.16. The molecule has 0 unspecified atom stereocenters. The maximum Gasteiger partial charge on any atom is 0.130 e. The average molecular weight is 175 g/mol. The van der Waals surface area contributed by atoms with Gasteiger partial charge in [-0.1, -0.05) is 11.6 Å². The molecule has 0 atom stereocenters. The minimum Gasteiger partial charge on any atom is -0.396 e. The summed E-state index contributed by atoms with van der Waals surface area (Å²) in [5.41, 5.74) is 1.84. The Kier molecular flexibility index (Phi) is 2.52. The number of halogens is 1. The molecule has 0 fully saturated rings. The van der Waals surface area contributed by atoms with Gasteiger partial charge in [0.2, 0.25) is 0 Å². The topological polar surface area (TPSA) is 38.0 Å². The standard InChI is InChI=1S/C7H11ClN2O/c1-5-6(3-4-11)7(8)10(2)9-5/h11H,3-4H2,1-2H3. The predicted molar refractivity (Wildman–Crippen MR) is 43.7 cm³/mol. The molecule has 1 aromatic heterocycles. The van der Waals surface area contributed by atoms with E-state index in [2.05, 4.69) is 5.10 Å². The molecule has 0 aliphatic rings. The van der Waals surface area contributed by atoms with E-state index in [1.54, 1.807) is 11.7 Å². The van der Waals surface area contributed by atoms with Crippen LogP contribution in [0.1, 0.15) is 11.3 Å². The summed E-state index contributed by atoms with van der Waals surface area (Å²) < 4.78 is 1.61. The van der Waals surface area contributed by atoms with Crippen LogP contribution >= 0.6 is 11.6 Å². The summed E-state index contributed by atoms with van der Waals surface area (Å²) >= 11 is 5.88. The summed E-state index contributed by atoms with van der Waals surface area (Å²) in [5.74, 6) is 0. The van der Waals surface area contributed by atoms with Crippen LogP contribution in [0.2, 0.25) is 5.15 Å². The lowest BCUT2D eigenvalue weighted by Gasteiger charge is -1.94. The maximum absolute atomic E-state index is 8.68. The Hall–Kier alpha value is -0.540. The van der Waals surface area contributed by atoms with Gasteiger partial charge in [0.1, 0.15) is 5.15 Å². The van der Waals surface area contributed by atoms with Crippen LogP contribution in [-0.4, -0.2) is 21.5 Å². The second kappa shape index (κ2) is 3.24. The summed E-state index contributed by atoms with van der Waals surface area (Å²) in [6.07, 6.45) is 0.582. The Balaban J connectivity index is 3.02. The third kappa shape index (κ3) is 1.54. The number of hydrogen-bond acceptors (Lipinski definition) is 2. The van der Waals surface area contributed by atoms with E-state index in [9.17, 15) is 0 Å². The van der Waals surface area contributed by atoms with Crippen molar-refractivity contribution in [3.8, 4) is 0 Å². The lowest BCUT2D eigenvalue weighted by molar-refractivity contribution is 0.299. The zero-order chi connectivity index (χ0) is 8.43. The molecule has 0 aromatic carbocycles. The molecule has 0 aliphatic carbocycles. The van der Waals surface area contributed by atoms with Gasteiger partial charge in [-0.05, 0) is 6.92 Å². The number of aliphatic hydroxyl groups excluding tert-OH is 1. The van der Waals surface area contributed by atoms with Crippen LogP contribution in [0.5, 0.6) is 0 Å². The SMILES string of the molecule is Cc1nn(C)c(Cl)c1CCO. The van der Waals surface area contributed by atoms with Crippen LogP contribution in [0.15, 0.2) is 0 Å². The van der Waals surface area contributed by atoms with Gasteiger partial charge in [0.15, 0.2) is 0 Å². The Morgan fingerprint density at radius 3 is 2.64 bits per heavy atom. The lowest BCUT2D eigenvalue weighted by Crippen LogP contribution is -1.92. The van der Waals surface area contributed by atoms with E-state index in [0.29, 0.717) is 11.6 Å². The lowest BCUT2D eigenvalue weighted by atomic mass is 10.2. The third-order valence-electron chi connectivity index (χ3n) is 1.63. The van der Waals surface area contributed by atoms with Gasteiger partial charge in [0, 0.05) is 25.6 Å². The number of aliphatic hydroxyl groups is 1. The van der Waals surface area contributed by atoms with Gasteiger partial charge in [0.05, 0.1) is 5.69 Å². The van der Waals surface area contributed by atoms with Crippen LogP contribution in [0, 0.1) is 6.92 Å². The smallest absolute Gasteiger partial charge is 0.130 e. The van der Waals surface area contributed by atoms with Gasteiger partial charge in [-0.2, -0.15) is 5.10 Å². The van der Waals surface area contributed by atoms with Crippen LogP contribution in [0.4, 0.5) is 0 Å². The molecule has 0 bridgehead atoms. The fourth-order valence-corrected chi connectivity index (χ4v) is 1.34. The largest absolute Gasteiger partial charge is 0.396 e. The van der Waals surface area contributed by atoms with Crippen LogP contribution in [-0.2, 0) is 13.5 Å². The third-order valence-corrected chi connectivity index (χ3v) is 2.10. The molecule has 4 heteroatoms. The minimum atomic E-state index is 0.117. The maximum atomic E-state index is 8.68. The van der Waals surface area contributed by atoms with E-state index in [1.807, 2.05) is 6.92 Å². The van der Waals surface area contributed by atoms with E-state index < -0.39 is 0 Å². The molecule has 1 rings (SSSR count). The summed E-state index contributed by atoms with van der Waals surface area (Å²) in [4.78, 5) is 0. The molecule has 0 aliphatic heterocycles. The van der Waals surface area contributed by atoms with Crippen molar-refractivity contribution in [2.24, 2.45) is 7.05 Å². The zero-order valence-electron chi connectivity index (χ0n) is 6.63. The van der Waals surface area contributed by atoms with Crippen molar-refractivity contribution in [2.75, 3.05) is 6.61 Å². The van der Waals surface area contributed by atoms with Crippen LogP contribution < -0.4 is 0 Å². The molecule has 1 aromatic rings. The van der Waals surface area contributed by atoms with Gasteiger partial charge < -0.3 is 5.11 Å². The first-order valence-electron chi connectivity index (χ1n) is 3.45. The Bertz CT molecular complexity index is 257.